The Morgan fingerprint density at radius 2 is 1.29 bits per heavy atom. The van der Waals surface area contributed by atoms with Crippen molar-refractivity contribution in [2.75, 3.05) is 25.4 Å². The lowest BCUT2D eigenvalue weighted by molar-refractivity contribution is -0.142. The predicted octanol–water partition coefficient (Wildman–Crippen LogP) is 0.187. The SMILES string of the molecule is CCCC[C@@H]1NC(=O)[C@H](CCCCN)NC(=O)C(CC(C)C)NC(=O)[C@H](CC(C)C)NC(=O)[C@@H]2CSC(=N2)c2cc(cs2)CC(C(N)=O)NC(=O)C(Cc2ccccc2)NC(=O)[C@H](CO)NC(=O)[C@H](C)NC(=O)[C@@H]2CCCN2C1=O. The van der Waals surface area contributed by atoms with Gasteiger partial charge in [-0.2, -0.15) is 0 Å². The van der Waals surface area contributed by atoms with Crippen molar-refractivity contribution in [1.82, 2.24) is 47.4 Å². The lowest BCUT2D eigenvalue weighted by Gasteiger charge is -2.31. The van der Waals surface area contributed by atoms with Gasteiger partial charge in [-0.05, 0) is 99.2 Å². The third kappa shape index (κ3) is 19.1. The number of hydrogen-bond acceptors (Lipinski definition) is 15. The fourth-order valence-corrected chi connectivity index (χ4v) is 11.7. The number of thioether (sulfide) groups is 1. The molecule has 0 radical (unpaired) electrons. The minimum Gasteiger partial charge on any atom is -0.394 e. The Morgan fingerprint density at radius 1 is 0.713 bits per heavy atom. The topological polar surface area (TPSA) is 355 Å². The van der Waals surface area contributed by atoms with Gasteiger partial charge in [0, 0.05) is 25.1 Å². The molecule has 440 valence electrons. The highest BCUT2D eigenvalue weighted by atomic mass is 32.2. The molecule has 1 aromatic carbocycles. The van der Waals surface area contributed by atoms with E-state index in [0.717, 1.165) is 0 Å². The number of amides is 10. The normalized spacial score (nSPS) is 26.6. The van der Waals surface area contributed by atoms with Crippen molar-refractivity contribution in [2.24, 2.45) is 28.3 Å². The van der Waals surface area contributed by atoms with Crippen LogP contribution < -0.4 is 54.0 Å². The second kappa shape index (κ2) is 31.5. The van der Waals surface area contributed by atoms with Crippen LogP contribution in [0.25, 0.3) is 0 Å². The lowest BCUT2D eigenvalue weighted by atomic mass is 9.99. The summed E-state index contributed by atoms with van der Waals surface area (Å²) in [6.07, 6.45) is 3.45. The van der Waals surface area contributed by atoms with Crippen LogP contribution in [0.1, 0.15) is 122 Å². The average Bonchev–Trinajstić information content (AvgIpc) is 4.23. The largest absolute Gasteiger partial charge is 0.394 e. The number of rotatable bonds is 15. The van der Waals surface area contributed by atoms with Gasteiger partial charge in [-0.15, -0.1) is 23.1 Å². The lowest BCUT2D eigenvalue weighted by Crippen LogP contribution is -2.60. The fourth-order valence-electron chi connectivity index (χ4n) is 9.59. The molecule has 25 heteroatoms. The zero-order chi connectivity index (χ0) is 58.6. The second-order valence-corrected chi connectivity index (χ2v) is 23.5. The average molecular weight is 1150 g/mol. The molecule has 0 saturated carbocycles. The molecule has 80 heavy (non-hydrogen) atoms. The molecular formula is C55H82N12O11S2. The molecule has 23 nitrogen and oxygen atoms in total. The number of carbonyl (C=O) groups is 10. The molecule has 13 N–H and O–H groups in total. The van der Waals surface area contributed by atoms with Crippen LogP contribution in [0.15, 0.2) is 46.8 Å². The van der Waals surface area contributed by atoms with Crippen molar-refractivity contribution in [1.29, 1.82) is 0 Å². The van der Waals surface area contributed by atoms with Crippen LogP contribution in [0, 0.1) is 11.8 Å². The molecule has 2 aromatic rings. The van der Waals surface area contributed by atoms with Gasteiger partial charge >= 0.3 is 0 Å². The number of carbonyl (C=O) groups excluding carboxylic acids is 10. The highest BCUT2D eigenvalue weighted by Crippen LogP contribution is 2.29. The molecule has 0 aliphatic carbocycles. The Bertz CT molecular complexity index is 2530. The summed E-state index contributed by atoms with van der Waals surface area (Å²) in [5.41, 5.74) is 12.9. The van der Waals surface area contributed by atoms with Gasteiger partial charge in [0.15, 0.2) is 0 Å². The number of hydrogen-bond donors (Lipinski definition) is 11. The van der Waals surface area contributed by atoms with Crippen LogP contribution in [0.5, 0.6) is 0 Å². The molecule has 10 amide bonds. The molecule has 4 bridgehead atoms. The van der Waals surface area contributed by atoms with Gasteiger partial charge in [0.2, 0.25) is 59.1 Å². The number of aliphatic hydroxyl groups excluding tert-OH is 1. The van der Waals surface area contributed by atoms with Crippen LogP contribution in [-0.2, 0) is 60.8 Å². The van der Waals surface area contributed by atoms with E-state index in [1.807, 2.05) is 34.6 Å². The number of aliphatic imine (C=N–C) groups is 1. The summed E-state index contributed by atoms with van der Waals surface area (Å²) in [6.45, 7) is 10.4. The van der Waals surface area contributed by atoms with Crippen LogP contribution >= 0.6 is 23.1 Å². The molecule has 1 saturated heterocycles. The van der Waals surface area contributed by atoms with Crippen molar-refractivity contribution in [3.05, 3.63) is 57.8 Å². The number of benzene rings is 1. The number of thiophene rings is 1. The van der Waals surface area contributed by atoms with Gasteiger partial charge in [0.25, 0.3) is 0 Å². The first-order chi connectivity index (χ1) is 38.1. The minimum absolute atomic E-state index is 0.0550. The summed E-state index contributed by atoms with van der Waals surface area (Å²) in [7, 11) is 0. The first-order valence-electron chi connectivity index (χ1n) is 27.8. The number of unbranched alkanes of at least 4 members (excludes halogenated alkanes) is 2. The number of aliphatic hydroxyl groups is 1. The van der Waals surface area contributed by atoms with E-state index in [-0.39, 0.29) is 69.1 Å². The van der Waals surface area contributed by atoms with E-state index in [9.17, 15) is 53.1 Å². The minimum atomic E-state index is -1.60. The summed E-state index contributed by atoms with van der Waals surface area (Å²) in [6, 6.07) is -1.43. The fraction of sp³-hybridized carbons (Fsp3) is 0.618. The maximum absolute atomic E-state index is 14.5. The second-order valence-electron chi connectivity index (χ2n) is 21.6. The molecular weight excluding hydrogens is 1070 g/mol. The van der Waals surface area contributed by atoms with Gasteiger partial charge in [-0.1, -0.05) is 77.8 Å². The summed E-state index contributed by atoms with van der Waals surface area (Å²) in [5.74, 6) is -7.00. The van der Waals surface area contributed by atoms with Crippen molar-refractivity contribution in [3.63, 3.8) is 0 Å². The smallest absolute Gasteiger partial charge is 0.246 e. The van der Waals surface area contributed by atoms with Gasteiger partial charge in [-0.3, -0.25) is 52.9 Å². The maximum Gasteiger partial charge on any atom is 0.246 e. The monoisotopic (exact) mass is 1150 g/mol. The molecule has 0 spiro atoms. The number of nitrogens with two attached hydrogens (primary N) is 2. The zero-order valence-electron chi connectivity index (χ0n) is 46.7. The molecule has 4 heterocycles. The molecule has 3 aliphatic heterocycles. The first-order valence-corrected chi connectivity index (χ1v) is 29.6. The van der Waals surface area contributed by atoms with Crippen LogP contribution in [0.2, 0.25) is 0 Å². The van der Waals surface area contributed by atoms with E-state index >= 15 is 0 Å². The quantitative estimate of drug-likeness (QED) is 0.106. The third-order valence-corrected chi connectivity index (χ3v) is 16.2. The molecule has 10 atom stereocenters. The number of nitrogens with one attached hydrogen (secondary N) is 8. The van der Waals surface area contributed by atoms with Crippen molar-refractivity contribution in [2.45, 2.75) is 179 Å². The van der Waals surface area contributed by atoms with Crippen LogP contribution in [-0.4, -0.2) is 160 Å². The number of primary amides is 1. The Balaban J connectivity index is 1.49. The van der Waals surface area contributed by atoms with Crippen molar-refractivity contribution >= 4 is 87.2 Å². The van der Waals surface area contributed by atoms with E-state index in [0.29, 0.717) is 59.7 Å². The van der Waals surface area contributed by atoms with Crippen LogP contribution in [0.3, 0.4) is 0 Å². The van der Waals surface area contributed by atoms with Crippen molar-refractivity contribution in [3.8, 4) is 0 Å². The first kappa shape index (κ1) is 64.4. The maximum atomic E-state index is 14.5. The van der Waals surface area contributed by atoms with Gasteiger partial charge in [0.05, 0.1) is 11.5 Å². The van der Waals surface area contributed by atoms with Crippen molar-refractivity contribution < 1.29 is 53.1 Å². The van der Waals surface area contributed by atoms with E-state index < -0.39 is 126 Å². The molecule has 1 aromatic heterocycles. The zero-order valence-corrected chi connectivity index (χ0v) is 48.3. The van der Waals surface area contributed by atoms with Crippen LogP contribution in [0.4, 0.5) is 0 Å². The van der Waals surface area contributed by atoms with E-state index in [1.54, 1.807) is 41.8 Å². The van der Waals surface area contributed by atoms with Gasteiger partial charge in [-0.25, -0.2) is 0 Å². The molecule has 3 unspecified atom stereocenters. The third-order valence-electron chi connectivity index (χ3n) is 14.0. The molecule has 3 aliphatic rings. The Hall–Kier alpha value is -6.44. The number of nitrogens with zero attached hydrogens (tertiary/aromatic N) is 2. The summed E-state index contributed by atoms with van der Waals surface area (Å²) < 4.78 is 0. The van der Waals surface area contributed by atoms with Gasteiger partial charge in [0.1, 0.15) is 65.5 Å². The summed E-state index contributed by atoms with van der Waals surface area (Å²) >= 11 is 2.62. The highest BCUT2D eigenvalue weighted by Gasteiger charge is 2.40. The Kier molecular flexibility index (Phi) is 25.4. The highest BCUT2D eigenvalue weighted by molar-refractivity contribution is 8.15. The molecule has 5 rings (SSSR count). The molecule has 1 fully saturated rings. The van der Waals surface area contributed by atoms with E-state index in [1.165, 1.54) is 34.9 Å². The summed E-state index contributed by atoms with van der Waals surface area (Å²) in [5, 5.41) is 34.4. The summed E-state index contributed by atoms with van der Waals surface area (Å²) in [4.78, 5) is 147. The van der Waals surface area contributed by atoms with E-state index in [2.05, 4.69) is 42.5 Å². The Morgan fingerprint density at radius 3 is 1.91 bits per heavy atom. The van der Waals surface area contributed by atoms with Gasteiger partial charge < -0.3 is 64.0 Å². The predicted molar refractivity (Wildman–Crippen MR) is 304 cm³/mol. The standard InChI is InChI=1S/C55H82N12O11S2/c1-7-8-17-36-55(78)67-21-14-19-43(67)53(77)58-32(6)46(70)65-41(27-68)51(75)64-40(24-33-15-10-9-11-16-33)50(74)61-37(45(57)69)25-34-26-44(79-28-34)54-66-42(29-80-54)52(76)63-39(23-31(4)5)49(73)62-38(22-30(2)3)48(72)59-35(47(71)60-36)18-12-13-20-56/h9-11,15-16,26,28,30-32,35-43,68H,7-8,12-14,17-25,27,29,56H2,1-6H3,(H2,57,69)(H,58,77)(H,59,72)(H,60,71)(H,61,74)(H,62,73)(H,63,76)(H,64,75)(H,65,70)/t32-,35-,36-,37?,38?,39-,40?,41-,42-,43-/m0/s1. The number of fused-ring (bicyclic) bond motifs is 5. The van der Waals surface area contributed by atoms with E-state index in [4.69, 9.17) is 16.5 Å². The Labute approximate surface area is 476 Å².